The van der Waals surface area contributed by atoms with Crippen molar-refractivity contribution >= 4 is 39.0 Å². The lowest BCUT2D eigenvalue weighted by molar-refractivity contribution is -0.383. The van der Waals surface area contributed by atoms with Gasteiger partial charge in [0.15, 0.2) is 11.0 Å². The second-order valence-electron chi connectivity index (χ2n) is 6.41. The number of rotatable bonds is 3. The maximum absolute atomic E-state index is 13.0. The van der Waals surface area contributed by atoms with Crippen LogP contribution >= 0.6 is 11.3 Å². The number of benzene rings is 1. The van der Waals surface area contributed by atoms with Crippen molar-refractivity contribution in [1.29, 1.82) is 0 Å². The predicted octanol–water partition coefficient (Wildman–Crippen LogP) is 2.99. The first-order valence-electron chi connectivity index (χ1n) is 8.40. The fraction of sp³-hybridized carbons (Fsp3) is 0.438. The molecule has 148 valence electrons. The maximum atomic E-state index is 13.0. The number of thiazole rings is 1. The Morgan fingerprint density at radius 1 is 1.32 bits per heavy atom. The van der Waals surface area contributed by atoms with Crippen LogP contribution in [0.5, 0.6) is 0 Å². The van der Waals surface area contributed by atoms with Gasteiger partial charge in [0.05, 0.1) is 16.0 Å². The van der Waals surface area contributed by atoms with Crippen molar-refractivity contribution in [3.8, 4) is 0 Å². The number of likely N-dealkylation sites (tertiary alicyclic amines) is 1. The molecule has 3 heterocycles. The molecular weight excluding hydrogens is 401 g/mol. The van der Waals surface area contributed by atoms with Gasteiger partial charge in [-0.15, -0.1) is 11.3 Å². The molecule has 1 amide bonds. The summed E-state index contributed by atoms with van der Waals surface area (Å²) in [6.07, 6.45) is -2.88. The summed E-state index contributed by atoms with van der Waals surface area (Å²) in [6, 6.07) is 0.507. The van der Waals surface area contributed by atoms with Crippen LogP contribution in [0.4, 0.5) is 18.9 Å². The summed E-state index contributed by atoms with van der Waals surface area (Å²) in [5, 5.41) is 11.3. The number of aromatic nitrogens is 1. The molecule has 2 aliphatic heterocycles. The Balaban J connectivity index is 1.70. The van der Waals surface area contributed by atoms with E-state index in [4.69, 9.17) is 4.74 Å². The number of amides is 1. The van der Waals surface area contributed by atoms with E-state index in [9.17, 15) is 28.1 Å². The van der Waals surface area contributed by atoms with E-state index in [1.807, 2.05) is 0 Å². The first-order chi connectivity index (χ1) is 13.2. The number of aliphatic imine (C=N–C) groups is 1. The lowest BCUT2D eigenvalue weighted by Gasteiger charge is -2.16. The van der Waals surface area contributed by atoms with Crippen molar-refractivity contribution < 1.29 is 27.6 Å². The molecule has 1 atom stereocenters. The van der Waals surface area contributed by atoms with Crippen LogP contribution in [0.2, 0.25) is 0 Å². The smallest absolute Gasteiger partial charge is 0.416 e. The molecule has 1 saturated heterocycles. The highest BCUT2D eigenvalue weighted by atomic mass is 32.1. The zero-order chi connectivity index (χ0) is 20.1. The van der Waals surface area contributed by atoms with Gasteiger partial charge in [-0.2, -0.15) is 13.2 Å². The van der Waals surface area contributed by atoms with Crippen molar-refractivity contribution in [3.63, 3.8) is 0 Å². The van der Waals surface area contributed by atoms with Crippen molar-refractivity contribution in [1.82, 2.24) is 9.88 Å². The molecule has 8 nitrogen and oxygen atoms in total. The van der Waals surface area contributed by atoms with E-state index in [0.717, 1.165) is 30.2 Å². The number of nitrogens with zero attached hydrogens (tertiary/aromatic N) is 4. The van der Waals surface area contributed by atoms with Crippen molar-refractivity contribution in [3.05, 3.63) is 32.8 Å². The number of halogens is 3. The molecule has 0 bridgehead atoms. The van der Waals surface area contributed by atoms with E-state index in [1.165, 1.54) is 0 Å². The molecule has 0 unspecified atom stereocenters. The summed E-state index contributed by atoms with van der Waals surface area (Å²) in [5.41, 5.74) is -2.00. The standard InChI is InChI=1S/C16H13F3N4O4S/c17-16(18,19)8-5-9-12(11(6-8)23(25)26)28-14(21-9)13-20-10(7-27-13)15(24)22-3-1-2-4-22/h5-6,10H,1-4,7H2/t10-/m0/s1. The first-order valence-corrected chi connectivity index (χ1v) is 9.21. The zero-order valence-electron chi connectivity index (χ0n) is 14.2. The van der Waals surface area contributed by atoms with Gasteiger partial charge in [0, 0.05) is 19.2 Å². The maximum Gasteiger partial charge on any atom is 0.416 e. The SMILES string of the molecule is O=C([C@@H]1COC(c2nc3cc(C(F)(F)F)cc([N+](=O)[O-])c3s2)=N1)N1CCCC1. The number of carbonyl (C=O) groups is 1. The van der Waals surface area contributed by atoms with Crippen molar-refractivity contribution in [2.45, 2.75) is 25.1 Å². The third-order valence-corrected chi connectivity index (χ3v) is 5.61. The largest absolute Gasteiger partial charge is 0.473 e. The Morgan fingerprint density at radius 2 is 2.04 bits per heavy atom. The molecule has 1 fully saturated rings. The summed E-state index contributed by atoms with van der Waals surface area (Å²) >= 11 is 0.814. The van der Waals surface area contributed by atoms with Crippen LogP contribution in [0, 0.1) is 10.1 Å². The van der Waals surface area contributed by atoms with Crippen LogP contribution in [0.25, 0.3) is 10.2 Å². The van der Waals surface area contributed by atoms with E-state index in [-0.39, 0.29) is 33.6 Å². The van der Waals surface area contributed by atoms with Gasteiger partial charge < -0.3 is 9.64 Å². The fourth-order valence-electron chi connectivity index (χ4n) is 3.17. The number of nitro benzene ring substituents is 1. The van der Waals surface area contributed by atoms with Crippen LogP contribution in [-0.2, 0) is 15.7 Å². The summed E-state index contributed by atoms with van der Waals surface area (Å²) in [7, 11) is 0. The van der Waals surface area contributed by atoms with Gasteiger partial charge in [-0.05, 0) is 18.9 Å². The van der Waals surface area contributed by atoms with Gasteiger partial charge in [0.2, 0.25) is 5.90 Å². The number of hydrogen-bond donors (Lipinski definition) is 0. The first kappa shape index (κ1) is 18.6. The number of non-ortho nitro benzene ring substituents is 1. The molecule has 2 aliphatic rings. The van der Waals surface area contributed by atoms with Gasteiger partial charge in [-0.25, -0.2) is 9.98 Å². The second-order valence-corrected chi connectivity index (χ2v) is 7.41. The molecule has 12 heteroatoms. The molecule has 2 aromatic rings. The summed E-state index contributed by atoms with van der Waals surface area (Å²) in [4.78, 5) is 32.7. The molecule has 0 saturated carbocycles. The Hall–Kier alpha value is -2.76. The van der Waals surface area contributed by atoms with E-state index in [0.29, 0.717) is 19.2 Å². The zero-order valence-corrected chi connectivity index (χ0v) is 15.0. The minimum Gasteiger partial charge on any atom is -0.473 e. The van der Waals surface area contributed by atoms with Crippen LogP contribution in [0.3, 0.4) is 0 Å². The molecule has 0 N–H and O–H groups in total. The monoisotopic (exact) mass is 414 g/mol. The van der Waals surface area contributed by atoms with Crippen LogP contribution in [0.15, 0.2) is 17.1 Å². The number of fused-ring (bicyclic) bond motifs is 1. The molecule has 28 heavy (non-hydrogen) atoms. The molecule has 1 aromatic heterocycles. The normalized spacial score (nSPS) is 19.8. The average molecular weight is 414 g/mol. The van der Waals surface area contributed by atoms with Crippen molar-refractivity contribution in [2.75, 3.05) is 19.7 Å². The van der Waals surface area contributed by atoms with E-state index < -0.39 is 28.4 Å². The number of carbonyl (C=O) groups excluding carboxylic acids is 1. The van der Waals surface area contributed by atoms with E-state index in [2.05, 4.69) is 9.98 Å². The van der Waals surface area contributed by atoms with Crippen LogP contribution < -0.4 is 0 Å². The van der Waals surface area contributed by atoms with Gasteiger partial charge in [0.25, 0.3) is 11.6 Å². The molecule has 0 aliphatic carbocycles. The van der Waals surface area contributed by atoms with Crippen LogP contribution in [0.1, 0.15) is 23.4 Å². The fourth-order valence-corrected chi connectivity index (χ4v) is 4.15. The topological polar surface area (TPSA) is 97.9 Å². The van der Waals surface area contributed by atoms with Crippen molar-refractivity contribution in [2.24, 2.45) is 4.99 Å². The number of hydrogen-bond acceptors (Lipinski definition) is 7. The molecule has 1 aromatic carbocycles. The number of nitro groups is 1. The van der Waals surface area contributed by atoms with Gasteiger partial charge in [0.1, 0.15) is 11.3 Å². The third kappa shape index (κ3) is 3.28. The highest BCUT2D eigenvalue weighted by Gasteiger charge is 2.36. The molecule has 4 rings (SSSR count). The summed E-state index contributed by atoms with van der Waals surface area (Å²) in [6.45, 7) is 1.33. The highest BCUT2D eigenvalue weighted by Crippen LogP contribution is 2.39. The van der Waals surface area contributed by atoms with Gasteiger partial charge in [-0.3, -0.25) is 14.9 Å². The number of ether oxygens (including phenoxy) is 1. The number of alkyl halides is 3. The highest BCUT2D eigenvalue weighted by molar-refractivity contribution is 7.20. The van der Waals surface area contributed by atoms with E-state index >= 15 is 0 Å². The molecule has 0 radical (unpaired) electrons. The summed E-state index contributed by atoms with van der Waals surface area (Å²) < 4.78 is 44.5. The lowest BCUT2D eigenvalue weighted by Crippen LogP contribution is -2.36. The van der Waals surface area contributed by atoms with Crippen LogP contribution in [-0.4, -0.2) is 52.4 Å². The Morgan fingerprint density at radius 3 is 2.68 bits per heavy atom. The Kier molecular flexibility index (Phi) is 4.44. The molecular formula is C16H13F3N4O4S. The summed E-state index contributed by atoms with van der Waals surface area (Å²) in [5.74, 6) is -0.152. The van der Waals surface area contributed by atoms with Gasteiger partial charge >= 0.3 is 6.18 Å². The van der Waals surface area contributed by atoms with Gasteiger partial charge in [-0.1, -0.05) is 0 Å². The minimum atomic E-state index is -4.74. The second kappa shape index (κ2) is 6.69. The predicted molar refractivity (Wildman–Crippen MR) is 93.4 cm³/mol. The Bertz CT molecular complexity index is 998. The minimum absolute atomic E-state index is 0.00591. The lowest BCUT2D eigenvalue weighted by atomic mass is 10.2. The third-order valence-electron chi connectivity index (χ3n) is 4.53. The van der Waals surface area contributed by atoms with E-state index in [1.54, 1.807) is 4.90 Å². The average Bonchev–Trinajstić information content (AvgIpc) is 3.38. The Labute approximate surface area is 159 Å². The quantitative estimate of drug-likeness (QED) is 0.568. The molecule has 0 spiro atoms.